The zero-order chi connectivity index (χ0) is 13.5. The van der Waals surface area contributed by atoms with Crippen LogP contribution in [0.15, 0.2) is 59.5 Å². The minimum Gasteiger partial charge on any atom is -0.309 e. The molecule has 0 bridgehead atoms. The summed E-state index contributed by atoms with van der Waals surface area (Å²) < 4.78 is 13.6. The molecule has 2 aromatic rings. The minimum atomic E-state index is -0.141. The molecule has 0 radical (unpaired) electrons. The van der Waals surface area contributed by atoms with Crippen LogP contribution < -0.4 is 5.32 Å². The lowest BCUT2D eigenvalue weighted by Gasteiger charge is -2.14. The number of benzene rings is 2. The van der Waals surface area contributed by atoms with Gasteiger partial charge in [-0.1, -0.05) is 36.4 Å². The highest BCUT2D eigenvalue weighted by atomic mass is 32.2. The second-order valence-electron chi connectivity index (χ2n) is 4.36. The first-order valence-corrected chi connectivity index (χ1v) is 7.41. The van der Waals surface area contributed by atoms with E-state index in [1.807, 2.05) is 37.3 Å². The number of halogens is 1. The molecule has 0 aliphatic rings. The second kappa shape index (κ2) is 7.31. The Hall–Kier alpha value is -1.32. The fraction of sp³-hybridized carbons (Fsp3) is 0.250. The molecule has 0 heterocycles. The van der Waals surface area contributed by atoms with Crippen molar-refractivity contribution < 1.29 is 4.39 Å². The van der Waals surface area contributed by atoms with Crippen molar-refractivity contribution in [2.45, 2.75) is 17.9 Å². The monoisotopic (exact) mass is 275 g/mol. The van der Waals surface area contributed by atoms with Gasteiger partial charge in [-0.05, 0) is 25.1 Å². The van der Waals surface area contributed by atoms with E-state index in [9.17, 15) is 4.39 Å². The number of hydrogen-bond donors (Lipinski definition) is 1. The van der Waals surface area contributed by atoms with E-state index in [0.29, 0.717) is 0 Å². The smallest absolute Gasteiger partial charge is 0.127 e. The van der Waals surface area contributed by atoms with Crippen molar-refractivity contribution in [3.63, 3.8) is 0 Å². The normalized spacial score (nSPS) is 12.3. The van der Waals surface area contributed by atoms with E-state index in [0.717, 1.165) is 17.9 Å². The maximum atomic E-state index is 13.6. The Morgan fingerprint density at radius 3 is 2.47 bits per heavy atom. The first-order valence-electron chi connectivity index (χ1n) is 6.43. The van der Waals surface area contributed by atoms with Crippen LogP contribution >= 0.6 is 11.8 Å². The first kappa shape index (κ1) is 14.1. The molecule has 0 fully saturated rings. The summed E-state index contributed by atoms with van der Waals surface area (Å²) in [5.41, 5.74) is 0.729. The van der Waals surface area contributed by atoms with Crippen LogP contribution in [-0.2, 0) is 0 Å². The number of rotatable bonds is 6. The Kier molecular flexibility index (Phi) is 5.43. The Morgan fingerprint density at radius 2 is 1.74 bits per heavy atom. The molecule has 2 aromatic carbocycles. The van der Waals surface area contributed by atoms with Crippen molar-refractivity contribution in [3.8, 4) is 0 Å². The molecule has 2 rings (SSSR count). The molecule has 1 nitrogen and oxygen atoms in total. The van der Waals surface area contributed by atoms with Crippen LogP contribution in [-0.4, -0.2) is 12.3 Å². The molecule has 0 aliphatic heterocycles. The first-order chi connectivity index (χ1) is 9.27. The molecular formula is C16H18FNS. The van der Waals surface area contributed by atoms with Crippen LogP contribution in [0.1, 0.15) is 18.5 Å². The zero-order valence-corrected chi connectivity index (χ0v) is 11.8. The molecule has 0 aromatic heterocycles. The Labute approximate surface area is 118 Å². The summed E-state index contributed by atoms with van der Waals surface area (Å²) >= 11 is 1.81. The fourth-order valence-corrected chi connectivity index (χ4v) is 2.70. The average molecular weight is 275 g/mol. The van der Waals surface area contributed by atoms with E-state index in [1.54, 1.807) is 17.8 Å². The molecule has 100 valence electrons. The molecular weight excluding hydrogens is 257 g/mol. The van der Waals surface area contributed by atoms with Crippen molar-refractivity contribution in [2.75, 3.05) is 12.3 Å². The molecule has 19 heavy (non-hydrogen) atoms. The van der Waals surface area contributed by atoms with Crippen LogP contribution in [0.25, 0.3) is 0 Å². The number of nitrogens with one attached hydrogen (secondary N) is 1. The Balaban J connectivity index is 1.76. The van der Waals surface area contributed by atoms with E-state index in [-0.39, 0.29) is 11.9 Å². The van der Waals surface area contributed by atoms with Gasteiger partial charge in [0.25, 0.3) is 0 Å². The number of thioether (sulfide) groups is 1. The van der Waals surface area contributed by atoms with Crippen LogP contribution in [0.2, 0.25) is 0 Å². The maximum absolute atomic E-state index is 13.6. The lowest BCUT2D eigenvalue weighted by Crippen LogP contribution is -2.22. The van der Waals surface area contributed by atoms with Gasteiger partial charge in [0.05, 0.1) is 0 Å². The highest BCUT2D eigenvalue weighted by Crippen LogP contribution is 2.18. The van der Waals surface area contributed by atoms with Crippen LogP contribution in [0.4, 0.5) is 4.39 Å². The van der Waals surface area contributed by atoms with E-state index in [4.69, 9.17) is 0 Å². The summed E-state index contributed by atoms with van der Waals surface area (Å²) in [6, 6.07) is 17.3. The van der Waals surface area contributed by atoms with Gasteiger partial charge in [0.1, 0.15) is 5.82 Å². The van der Waals surface area contributed by atoms with Gasteiger partial charge >= 0.3 is 0 Å². The maximum Gasteiger partial charge on any atom is 0.127 e. The van der Waals surface area contributed by atoms with Gasteiger partial charge in [-0.25, -0.2) is 4.39 Å². The third kappa shape index (κ3) is 4.37. The van der Waals surface area contributed by atoms with Gasteiger partial charge in [0, 0.05) is 28.8 Å². The molecule has 0 saturated carbocycles. The van der Waals surface area contributed by atoms with E-state index < -0.39 is 0 Å². The van der Waals surface area contributed by atoms with Gasteiger partial charge in [-0.3, -0.25) is 0 Å². The summed E-state index contributed by atoms with van der Waals surface area (Å²) in [6.45, 7) is 2.85. The van der Waals surface area contributed by atoms with Gasteiger partial charge in [-0.2, -0.15) is 0 Å². The summed E-state index contributed by atoms with van der Waals surface area (Å²) in [5.74, 6) is 0.834. The van der Waals surface area contributed by atoms with Crippen molar-refractivity contribution in [1.29, 1.82) is 0 Å². The minimum absolute atomic E-state index is 0.0394. The molecule has 1 N–H and O–H groups in total. The predicted octanol–water partition coefficient (Wildman–Crippen LogP) is 4.27. The molecule has 1 atom stereocenters. The standard InChI is InChI=1S/C16H18FNS/c1-13(15-9-5-6-10-16(15)17)18-11-12-19-14-7-3-2-4-8-14/h2-10,13,18H,11-12H2,1H3/t13-/m1/s1. The SMILES string of the molecule is C[C@@H](NCCSc1ccccc1)c1ccccc1F. The summed E-state index contributed by atoms with van der Waals surface area (Å²) in [6.07, 6.45) is 0. The summed E-state index contributed by atoms with van der Waals surface area (Å²) in [7, 11) is 0. The van der Waals surface area contributed by atoms with Gasteiger partial charge < -0.3 is 5.32 Å². The van der Waals surface area contributed by atoms with Crippen molar-refractivity contribution in [2.24, 2.45) is 0 Å². The van der Waals surface area contributed by atoms with Gasteiger partial charge in [0.2, 0.25) is 0 Å². The van der Waals surface area contributed by atoms with Crippen LogP contribution in [0, 0.1) is 5.82 Å². The highest BCUT2D eigenvalue weighted by molar-refractivity contribution is 7.99. The summed E-state index contributed by atoms with van der Waals surface area (Å²) in [4.78, 5) is 1.27. The van der Waals surface area contributed by atoms with Crippen LogP contribution in [0.3, 0.4) is 0 Å². The molecule has 0 unspecified atom stereocenters. The topological polar surface area (TPSA) is 12.0 Å². The lowest BCUT2D eigenvalue weighted by atomic mass is 10.1. The molecule has 0 spiro atoms. The van der Waals surface area contributed by atoms with E-state index in [1.165, 1.54) is 11.0 Å². The molecule has 3 heteroatoms. The fourth-order valence-electron chi connectivity index (χ4n) is 1.90. The van der Waals surface area contributed by atoms with Gasteiger partial charge in [0.15, 0.2) is 0 Å². The second-order valence-corrected chi connectivity index (χ2v) is 5.53. The average Bonchev–Trinajstić information content (AvgIpc) is 2.45. The third-order valence-corrected chi connectivity index (χ3v) is 3.95. The van der Waals surface area contributed by atoms with E-state index in [2.05, 4.69) is 17.4 Å². The highest BCUT2D eigenvalue weighted by Gasteiger charge is 2.08. The molecule has 0 amide bonds. The van der Waals surface area contributed by atoms with Crippen molar-refractivity contribution in [3.05, 3.63) is 66.0 Å². The zero-order valence-electron chi connectivity index (χ0n) is 11.0. The Morgan fingerprint density at radius 1 is 1.05 bits per heavy atom. The van der Waals surface area contributed by atoms with Crippen molar-refractivity contribution in [1.82, 2.24) is 5.32 Å². The summed E-state index contributed by atoms with van der Waals surface area (Å²) in [5, 5.41) is 3.35. The largest absolute Gasteiger partial charge is 0.309 e. The van der Waals surface area contributed by atoms with E-state index >= 15 is 0 Å². The van der Waals surface area contributed by atoms with Crippen LogP contribution in [0.5, 0.6) is 0 Å². The quantitative estimate of drug-likeness (QED) is 0.624. The lowest BCUT2D eigenvalue weighted by molar-refractivity contribution is 0.542. The Bertz CT molecular complexity index is 501. The number of hydrogen-bond acceptors (Lipinski definition) is 2. The van der Waals surface area contributed by atoms with Crippen molar-refractivity contribution >= 4 is 11.8 Å². The third-order valence-electron chi connectivity index (χ3n) is 2.94. The predicted molar refractivity (Wildman–Crippen MR) is 80.0 cm³/mol. The van der Waals surface area contributed by atoms with Gasteiger partial charge in [-0.15, -0.1) is 11.8 Å². The molecule has 0 aliphatic carbocycles. The molecule has 0 saturated heterocycles.